The average Bonchev–Trinajstić information content (AvgIpc) is 3.37. The summed E-state index contributed by atoms with van der Waals surface area (Å²) in [4.78, 5) is 22.3. The second-order valence-electron chi connectivity index (χ2n) is 7.25. The smallest absolute Gasteiger partial charge is 0.339 e. The van der Waals surface area contributed by atoms with Gasteiger partial charge in [0, 0.05) is 16.6 Å². The molecule has 0 N–H and O–H groups in total. The fourth-order valence-electron chi connectivity index (χ4n) is 3.92. The first-order valence-corrected chi connectivity index (χ1v) is 9.80. The summed E-state index contributed by atoms with van der Waals surface area (Å²) in [6.45, 7) is 1.91. The zero-order valence-corrected chi connectivity index (χ0v) is 16.1. The fourth-order valence-corrected chi connectivity index (χ4v) is 3.92. The van der Waals surface area contributed by atoms with Gasteiger partial charge < -0.3 is 9.15 Å². The molecule has 0 fully saturated rings. The number of nitrogens with zero attached hydrogens (tertiary/aromatic N) is 2. The highest BCUT2D eigenvalue weighted by Gasteiger charge is 2.25. The third kappa shape index (κ3) is 3.18. The molecule has 2 aromatic heterocycles. The molecule has 1 aliphatic carbocycles. The Morgan fingerprint density at radius 3 is 2.69 bits per heavy atom. The molecular weight excluding hydrogens is 364 g/mol. The minimum atomic E-state index is -0.328. The van der Waals surface area contributed by atoms with Crippen LogP contribution in [0.25, 0.3) is 22.4 Å². The second-order valence-corrected chi connectivity index (χ2v) is 7.25. The Balaban J connectivity index is 1.43. The molecule has 4 aromatic rings. The van der Waals surface area contributed by atoms with Crippen molar-refractivity contribution in [3.63, 3.8) is 0 Å². The summed E-state index contributed by atoms with van der Waals surface area (Å²) >= 11 is 0. The summed E-state index contributed by atoms with van der Waals surface area (Å²) < 4.78 is 11.5. The zero-order valence-electron chi connectivity index (χ0n) is 16.1. The van der Waals surface area contributed by atoms with Crippen molar-refractivity contribution in [1.82, 2.24) is 9.97 Å². The van der Waals surface area contributed by atoms with Crippen molar-refractivity contribution in [1.29, 1.82) is 0 Å². The predicted molar refractivity (Wildman–Crippen MR) is 110 cm³/mol. The van der Waals surface area contributed by atoms with E-state index in [1.165, 1.54) is 0 Å². The number of aromatic nitrogens is 2. The van der Waals surface area contributed by atoms with Crippen LogP contribution in [0.1, 0.15) is 39.5 Å². The topological polar surface area (TPSA) is 65.2 Å². The highest BCUT2D eigenvalue weighted by Crippen LogP contribution is 2.31. The van der Waals surface area contributed by atoms with Crippen LogP contribution in [0.15, 0.2) is 59.0 Å². The lowest BCUT2D eigenvalue weighted by atomic mass is 10.0. The van der Waals surface area contributed by atoms with Gasteiger partial charge in [0.2, 0.25) is 5.89 Å². The number of rotatable bonds is 4. The quantitative estimate of drug-likeness (QED) is 0.461. The van der Waals surface area contributed by atoms with Crippen molar-refractivity contribution in [2.24, 2.45) is 0 Å². The summed E-state index contributed by atoms with van der Waals surface area (Å²) in [5, 5.41) is 0.847. The van der Waals surface area contributed by atoms with Crippen molar-refractivity contribution in [3.8, 4) is 11.5 Å². The van der Waals surface area contributed by atoms with Crippen molar-refractivity contribution in [2.45, 2.75) is 32.8 Å². The van der Waals surface area contributed by atoms with Crippen LogP contribution in [0.5, 0.6) is 0 Å². The van der Waals surface area contributed by atoms with Crippen molar-refractivity contribution < 1.29 is 13.9 Å². The molecule has 0 aliphatic heterocycles. The van der Waals surface area contributed by atoms with E-state index in [0.717, 1.165) is 47.0 Å². The summed E-state index contributed by atoms with van der Waals surface area (Å²) in [5.41, 5.74) is 5.05. The lowest BCUT2D eigenvalue weighted by Crippen LogP contribution is -2.11. The van der Waals surface area contributed by atoms with Crippen molar-refractivity contribution in [3.05, 3.63) is 82.9 Å². The van der Waals surface area contributed by atoms with Crippen LogP contribution in [0, 0.1) is 6.92 Å². The molecule has 144 valence electrons. The highest BCUT2D eigenvalue weighted by atomic mass is 16.5. The standard InChI is InChI=1S/C24H20N2O3/c1-15-21(26-23(29-15)16-8-3-2-4-9-16)14-28-24(27)22-17-10-5-6-12-19(17)25-20-13-7-11-18(20)22/h2-6,8-10,12H,7,11,13-14H2,1H3. The van der Waals surface area contributed by atoms with E-state index in [9.17, 15) is 4.79 Å². The number of pyridine rings is 1. The van der Waals surface area contributed by atoms with Gasteiger partial charge in [-0.2, -0.15) is 0 Å². The number of esters is 1. The molecule has 0 saturated heterocycles. The van der Waals surface area contributed by atoms with Gasteiger partial charge in [-0.3, -0.25) is 4.98 Å². The molecule has 2 heterocycles. The molecule has 1 aliphatic rings. The number of ether oxygens (including phenoxy) is 1. The Labute approximate surface area is 168 Å². The van der Waals surface area contributed by atoms with Crippen LogP contribution in [0.3, 0.4) is 0 Å². The number of hydrogen-bond donors (Lipinski definition) is 0. The van der Waals surface area contributed by atoms with Crippen molar-refractivity contribution >= 4 is 16.9 Å². The summed E-state index contributed by atoms with van der Waals surface area (Å²) in [7, 11) is 0. The van der Waals surface area contributed by atoms with Crippen LogP contribution >= 0.6 is 0 Å². The molecule has 0 atom stereocenters. The SMILES string of the molecule is Cc1oc(-c2ccccc2)nc1COC(=O)c1c2c(nc3ccccc13)CCC2. The van der Waals surface area contributed by atoms with Gasteiger partial charge in [-0.15, -0.1) is 0 Å². The highest BCUT2D eigenvalue weighted by molar-refractivity contribution is 6.05. The minimum absolute atomic E-state index is 0.0758. The number of aryl methyl sites for hydroxylation is 2. The van der Waals surface area contributed by atoms with Crippen LogP contribution < -0.4 is 0 Å². The summed E-state index contributed by atoms with van der Waals surface area (Å²) in [5.74, 6) is 0.858. The molecule has 29 heavy (non-hydrogen) atoms. The number of carbonyl (C=O) groups excluding carboxylic acids is 1. The number of benzene rings is 2. The number of oxazole rings is 1. The molecule has 5 nitrogen and oxygen atoms in total. The predicted octanol–water partition coefficient (Wildman–Crippen LogP) is 5.04. The van der Waals surface area contributed by atoms with Gasteiger partial charge in [-0.25, -0.2) is 9.78 Å². The maximum Gasteiger partial charge on any atom is 0.339 e. The first-order chi connectivity index (χ1) is 14.2. The number of carbonyl (C=O) groups is 1. The van der Waals surface area contributed by atoms with Gasteiger partial charge in [0.1, 0.15) is 18.1 Å². The van der Waals surface area contributed by atoms with Gasteiger partial charge in [-0.05, 0) is 49.9 Å². The lowest BCUT2D eigenvalue weighted by Gasteiger charge is -2.11. The largest absolute Gasteiger partial charge is 0.455 e. The Morgan fingerprint density at radius 1 is 1.03 bits per heavy atom. The average molecular weight is 384 g/mol. The van der Waals surface area contributed by atoms with E-state index >= 15 is 0 Å². The van der Waals surface area contributed by atoms with Crippen LogP contribution in [-0.2, 0) is 24.2 Å². The molecule has 0 bridgehead atoms. The second kappa shape index (κ2) is 7.17. The number of fused-ring (bicyclic) bond motifs is 2. The van der Waals surface area contributed by atoms with E-state index in [-0.39, 0.29) is 12.6 Å². The number of para-hydroxylation sites is 1. The Morgan fingerprint density at radius 2 is 1.83 bits per heavy atom. The van der Waals surface area contributed by atoms with Crippen LogP contribution in [-0.4, -0.2) is 15.9 Å². The maximum atomic E-state index is 13.1. The third-order valence-corrected chi connectivity index (χ3v) is 5.38. The fraction of sp³-hybridized carbons (Fsp3) is 0.208. The molecule has 0 amide bonds. The molecular formula is C24H20N2O3. The van der Waals surface area contributed by atoms with Crippen LogP contribution in [0.2, 0.25) is 0 Å². The Bertz CT molecular complexity index is 1210. The van der Waals surface area contributed by atoms with Gasteiger partial charge in [0.25, 0.3) is 0 Å². The molecule has 2 aromatic carbocycles. The Hall–Kier alpha value is -3.47. The van der Waals surface area contributed by atoms with E-state index in [4.69, 9.17) is 14.1 Å². The molecule has 0 spiro atoms. The van der Waals surface area contributed by atoms with E-state index in [2.05, 4.69) is 4.98 Å². The van der Waals surface area contributed by atoms with Gasteiger partial charge in [-0.1, -0.05) is 36.4 Å². The van der Waals surface area contributed by atoms with E-state index < -0.39 is 0 Å². The molecule has 0 radical (unpaired) electrons. The van der Waals surface area contributed by atoms with Gasteiger partial charge in [0.05, 0.1) is 11.1 Å². The van der Waals surface area contributed by atoms with Gasteiger partial charge in [0.15, 0.2) is 0 Å². The third-order valence-electron chi connectivity index (χ3n) is 5.38. The first kappa shape index (κ1) is 17.6. The summed E-state index contributed by atoms with van der Waals surface area (Å²) in [6.07, 6.45) is 2.78. The molecule has 0 unspecified atom stereocenters. The lowest BCUT2D eigenvalue weighted by molar-refractivity contribution is 0.0468. The van der Waals surface area contributed by atoms with Crippen LogP contribution in [0.4, 0.5) is 0 Å². The van der Waals surface area contributed by atoms with E-state index in [0.29, 0.717) is 22.9 Å². The first-order valence-electron chi connectivity index (χ1n) is 9.80. The zero-order chi connectivity index (χ0) is 19.8. The van der Waals surface area contributed by atoms with Crippen molar-refractivity contribution in [2.75, 3.05) is 0 Å². The molecule has 5 rings (SSSR count). The van der Waals surface area contributed by atoms with Gasteiger partial charge >= 0.3 is 5.97 Å². The maximum absolute atomic E-state index is 13.1. The normalized spacial score (nSPS) is 12.9. The Kier molecular flexibility index (Phi) is 4.35. The summed E-state index contributed by atoms with van der Waals surface area (Å²) in [6, 6.07) is 17.4. The van der Waals surface area contributed by atoms with E-state index in [1.54, 1.807) is 0 Å². The molecule has 0 saturated carbocycles. The monoisotopic (exact) mass is 384 g/mol. The van der Waals surface area contributed by atoms with E-state index in [1.807, 2.05) is 61.5 Å². The minimum Gasteiger partial charge on any atom is -0.455 e. The number of hydrogen-bond acceptors (Lipinski definition) is 5. The molecule has 5 heteroatoms.